The van der Waals surface area contributed by atoms with E-state index in [0.717, 1.165) is 75.6 Å². The van der Waals surface area contributed by atoms with Gasteiger partial charge in [-0.25, -0.2) is 4.98 Å². The minimum absolute atomic E-state index is 0.0274. The minimum Gasteiger partial charge on any atom is -0.370 e. The second-order valence-corrected chi connectivity index (χ2v) is 10.5. The van der Waals surface area contributed by atoms with Crippen LogP contribution >= 0.6 is 0 Å². The molecule has 0 radical (unpaired) electrons. The van der Waals surface area contributed by atoms with Crippen LogP contribution in [0.5, 0.6) is 0 Å². The molecule has 0 amide bonds. The molecule has 0 bridgehead atoms. The lowest BCUT2D eigenvalue weighted by molar-refractivity contribution is -0.0434. The number of nitrogens with zero attached hydrogens (tertiary/aromatic N) is 5. The molecule has 3 aromatic rings. The summed E-state index contributed by atoms with van der Waals surface area (Å²) in [6.45, 7) is 11.0. The molecule has 8 heteroatoms. The summed E-state index contributed by atoms with van der Waals surface area (Å²) in [5.41, 5.74) is 4.43. The smallest absolute Gasteiger partial charge is 0.253 e. The van der Waals surface area contributed by atoms with Crippen LogP contribution in [0.3, 0.4) is 0 Å². The van der Waals surface area contributed by atoms with Crippen molar-refractivity contribution in [2.45, 2.75) is 25.0 Å². The van der Waals surface area contributed by atoms with Gasteiger partial charge < -0.3 is 19.9 Å². The molecule has 2 aromatic heterocycles. The molecular formula is C28H36N6O2. The Balaban J connectivity index is 1.09. The van der Waals surface area contributed by atoms with Crippen molar-refractivity contribution in [3.63, 3.8) is 0 Å². The van der Waals surface area contributed by atoms with Crippen LogP contribution in [0, 0.1) is 0 Å². The zero-order valence-corrected chi connectivity index (χ0v) is 21.3. The first-order valence-electron chi connectivity index (χ1n) is 13.2. The lowest BCUT2D eigenvalue weighted by Gasteiger charge is -2.45. The number of morpholine rings is 1. The molecule has 36 heavy (non-hydrogen) atoms. The van der Waals surface area contributed by atoms with Crippen LogP contribution in [0.25, 0.3) is 11.0 Å². The van der Waals surface area contributed by atoms with Gasteiger partial charge in [0.2, 0.25) is 0 Å². The Bertz CT molecular complexity index is 1260. The molecule has 0 aliphatic carbocycles. The maximum absolute atomic E-state index is 12.6. The first kappa shape index (κ1) is 23.5. The third-order valence-corrected chi connectivity index (χ3v) is 7.90. The number of aryl methyl sites for hydroxylation is 1. The topological polar surface area (TPSA) is 65.9 Å². The van der Waals surface area contributed by atoms with Crippen molar-refractivity contribution in [1.82, 2.24) is 19.8 Å². The Hall–Kier alpha value is -2.94. The summed E-state index contributed by atoms with van der Waals surface area (Å²) in [5, 5.41) is 4.43. The van der Waals surface area contributed by atoms with E-state index < -0.39 is 0 Å². The fourth-order valence-corrected chi connectivity index (χ4v) is 5.96. The number of rotatable bonds is 5. The first-order valence-corrected chi connectivity index (χ1v) is 13.2. The van der Waals surface area contributed by atoms with Gasteiger partial charge in [0, 0.05) is 95.2 Å². The number of benzene rings is 1. The van der Waals surface area contributed by atoms with Gasteiger partial charge in [-0.2, -0.15) is 0 Å². The Labute approximate surface area is 212 Å². The molecule has 0 unspecified atom stereocenters. The number of piperazine rings is 1. The maximum Gasteiger partial charge on any atom is 0.253 e. The van der Waals surface area contributed by atoms with Gasteiger partial charge in [0.05, 0.1) is 17.9 Å². The van der Waals surface area contributed by atoms with Gasteiger partial charge >= 0.3 is 0 Å². The quantitative estimate of drug-likeness (QED) is 0.590. The summed E-state index contributed by atoms with van der Waals surface area (Å²) in [4.78, 5) is 24.4. The van der Waals surface area contributed by atoms with Crippen LogP contribution in [-0.2, 0) is 11.8 Å². The monoisotopic (exact) mass is 488 g/mol. The van der Waals surface area contributed by atoms with E-state index in [1.807, 2.05) is 6.07 Å². The number of anilines is 2. The van der Waals surface area contributed by atoms with Crippen molar-refractivity contribution in [2.75, 3.05) is 68.7 Å². The van der Waals surface area contributed by atoms with Gasteiger partial charge in [-0.15, -0.1) is 0 Å². The Morgan fingerprint density at radius 2 is 1.81 bits per heavy atom. The molecule has 1 aromatic carbocycles. The number of hydrogen-bond acceptors (Lipinski definition) is 7. The zero-order chi connectivity index (χ0) is 24.6. The van der Waals surface area contributed by atoms with E-state index >= 15 is 0 Å². The summed E-state index contributed by atoms with van der Waals surface area (Å²) in [5.74, 6) is 0.589. The normalized spacial score (nSPS) is 23.7. The van der Waals surface area contributed by atoms with Crippen molar-refractivity contribution in [1.29, 1.82) is 0 Å². The van der Waals surface area contributed by atoms with E-state index in [4.69, 9.17) is 4.74 Å². The number of aromatic nitrogens is 2. The van der Waals surface area contributed by atoms with Crippen molar-refractivity contribution in [2.24, 2.45) is 7.05 Å². The minimum atomic E-state index is -0.0274. The van der Waals surface area contributed by atoms with E-state index in [9.17, 15) is 4.79 Å². The summed E-state index contributed by atoms with van der Waals surface area (Å²) in [6, 6.07) is 15.0. The molecule has 2 atom stereocenters. The Morgan fingerprint density at radius 3 is 2.58 bits per heavy atom. The standard InChI is InChI=1S/C28H36N6O2/c1-20-15-34(26-14-27(35)31(2)28-25(26)4-3-9-30-28)19-24(36-20)18-32-16-22(17-32)21-5-7-23(8-6-21)33-12-10-29-11-13-33/h3-9,14,20,22,24,29H,10-13,15-19H2,1-2H3/t20-,24+/m1/s1. The molecule has 0 saturated carbocycles. The summed E-state index contributed by atoms with van der Waals surface area (Å²) >= 11 is 0. The third kappa shape index (κ3) is 4.61. The van der Waals surface area contributed by atoms with Crippen LogP contribution in [0.4, 0.5) is 11.4 Å². The second kappa shape index (κ2) is 9.84. The molecule has 190 valence electrons. The SMILES string of the molecule is C[C@@H]1CN(c2cc(=O)n(C)c3ncccc23)C[C@H](CN2CC(c3ccc(N4CCNCC4)cc3)C2)O1. The average Bonchev–Trinajstić information content (AvgIpc) is 2.88. The highest BCUT2D eigenvalue weighted by Crippen LogP contribution is 2.31. The van der Waals surface area contributed by atoms with Crippen LogP contribution in [0.1, 0.15) is 18.4 Å². The average molecular weight is 489 g/mol. The van der Waals surface area contributed by atoms with Crippen molar-refractivity contribution < 1.29 is 4.74 Å². The van der Waals surface area contributed by atoms with Gasteiger partial charge in [0.1, 0.15) is 5.65 Å². The van der Waals surface area contributed by atoms with Crippen LogP contribution in [0.15, 0.2) is 53.5 Å². The highest BCUT2D eigenvalue weighted by Gasteiger charge is 2.33. The predicted octanol–water partition coefficient (Wildman–Crippen LogP) is 2.04. The summed E-state index contributed by atoms with van der Waals surface area (Å²) in [7, 11) is 1.78. The number of pyridine rings is 2. The number of hydrogen-bond donors (Lipinski definition) is 1. The summed E-state index contributed by atoms with van der Waals surface area (Å²) < 4.78 is 7.96. The third-order valence-electron chi connectivity index (χ3n) is 7.90. The molecule has 3 saturated heterocycles. The van der Waals surface area contributed by atoms with Gasteiger partial charge in [0.15, 0.2) is 0 Å². The van der Waals surface area contributed by atoms with Gasteiger partial charge in [-0.1, -0.05) is 12.1 Å². The van der Waals surface area contributed by atoms with Crippen molar-refractivity contribution >= 4 is 22.4 Å². The van der Waals surface area contributed by atoms with Gasteiger partial charge in [0.25, 0.3) is 5.56 Å². The Kier molecular flexibility index (Phi) is 6.41. The fraction of sp³-hybridized carbons (Fsp3) is 0.500. The van der Waals surface area contributed by atoms with Crippen molar-refractivity contribution in [3.8, 4) is 0 Å². The van der Waals surface area contributed by atoms with Crippen LogP contribution in [-0.4, -0.2) is 85.6 Å². The molecule has 1 N–H and O–H groups in total. The van der Waals surface area contributed by atoms with E-state index in [2.05, 4.69) is 62.3 Å². The fourth-order valence-electron chi connectivity index (χ4n) is 5.96. The number of nitrogens with one attached hydrogen (secondary N) is 1. The second-order valence-electron chi connectivity index (χ2n) is 10.5. The molecule has 5 heterocycles. The summed E-state index contributed by atoms with van der Waals surface area (Å²) in [6.07, 6.45) is 1.96. The van der Waals surface area contributed by atoms with Gasteiger partial charge in [-0.3, -0.25) is 14.3 Å². The molecule has 3 fully saturated rings. The lowest BCUT2D eigenvalue weighted by Crippen LogP contribution is -2.55. The maximum atomic E-state index is 12.6. The van der Waals surface area contributed by atoms with Crippen molar-refractivity contribution in [3.05, 3.63) is 64.6 Å². The number of likely N-dealkylation sites (tertiary alicyclic amines) is 1. The van der Waals surface area contributed by atoms with Gasteiger partial charge in [-0.05, 0) is 36.8 Å². The lowest BCUT2D eigenvalue weighted by atomic mass is 9.91. The zero-order valence-electron chi connectivity index (χ0n) is 21.3. The van der Waals surface area contributed by atoms with Crippen LogP contribution < -0.4 is 20.7 Å². The number of fused-ring (bicyclic) bond motifs is 1. The molecule has 8 nitrogen and oxygen atoms in total. The molecule has 3 aliphatic heterocycles. The van der Waals surface area contributed by atoms with E-state index in [-0.39, 0.29) is 17.8 Å². The highest BCUT2D eigenvalue weighted by molar-refractivity contribution is 5.89. The molecule has 6 rings (SSSR count). The highest BCUT2D eigenvalue weighted by atomic mass is 16.5. The number of ether oxygens (including phenoxy) is 1. The predicted molar refractivity (Wildman–Crippen MR) is 144 cm³/mol. The first-order chi connectivity index (χ1) is 17.5. The van der Waals surface area contributed by atoms with E-state index in [0.29, 0.717) is 5.92 Å². The molecule has 3 aliphatic rings. The van der Waals surface area contributed by atoms with E-state index in [1.165, 1.54) is 11.3 Å². The molecule has 0 spiro atoms. The Morgan fingerprint density at radius 1 is 1.03 bits per heavy atom. The largest absolute Gasteiger partial charge is 0.370 e. The van der Waals surface area contributed by atoms with E-state index in [1.54, 1.807) is 23.9 Å². The molecular weight excluding hydrogens is 452 g/mol. The van der Waals surface area contributed by atoms with Crippen LogP contribution in [0.2, 0.25) is 0 Å².